The van der Waals surface area contributed by atoms with Crippen molar-refractivity contribution in [3.8, 4) is 5.82 Å². The number of aromatic nitrogens is 3. The Labute approximate surface area is 152 Å². The SMILES string of the molecule is CCc1c(C(=O)N2C[C@@H](C(F)(F)F)[C@H](C(=O)O)C2)cnn1-c1ccccn1. The number of hydrogen-bond acceptors (Lipinski definition) is 4. The molecule has 2 atom stereocenters. The fourth-order valence-electron chi connectivity index (χ4n) is 3.29. The van der Waals surface area contributed by atoms with E-state index in [0.717, 1.165) is 4.90 Å². The van der Waals surface area contributed by atoms with Crippen LogP contribution in [0.2, 0.25) is 0 Å². The molecule has 0 aromatic carbocycles. The van der Waals surface area contributed by atoms with Crippen LogP contribution in [-0.4, -0.2) is 55.9 Å². The quantitative estimate of drug-likeness (QED) is 0.876. The first-order chi connectivity index (χ1) is 12.7. The average molecular weight is 382 g/mol. The highest BCUT2D eigenvalue weighted by atomic mass is 19.4. The lowest BCUT2D eigenvalue weighted by Gasteiger charge is -2.18. The Morgan fingerprint density at radius 2 is 2.04 bits per heavy atom. The Hall–Kier alpha value is -2.91. The van der Waals surface area contributed by atoms with Crippen molar-refractivity contribution in [1.82, 2.24) is 19.7 Å². The fourth-order valence-corrected chi connectivity index (χ4v) is 3.29. The third-order valence-corrected chi connectivity index (χ3v) is 4.65. The van der Waals surface area contributed by atoms with Gasteiger partial charge in [-0.3, -0.25) is 9.59 Å². The van der Waals surface area contributed by atoms with Crippen LogP contribution in [0.5, 0.6) is 0 Å². The van der Waals surface area contributed by atoms with Gasteiger partial charge in [0, 0.05) is 19.3 Å². The number of alkyl halides is 3. The minimum absolute atomic E-state index is 0.148. The first-order valence-corrected chi connectivity index (χ1v) is 8.31. The maximum Gasteiger partial charge on any atom is 0.394 e. The minimum atomic E-state index is -4.69. The highest BCUT2D eigenvalue weighted by Crippen LogP contribution is 2.38. The van der Waals surface area contributed by atoms with Gasteiger partial charge in [-0.05, 0) is 18.6 Å². The Morgan fingerprint density at radius 3 is 2.56 bits per heavy atom. The van der Waals surface area contributed by atoms with Crippen LogP contribution in [0.15, 0.2) is 30.6 Å². The van der Waals surface area contributed by atoms with E-state index in [4.69, 9.17) is 5.11 Å². The predicted molar refractivity (Wildman–Crippen MR) is 87.3 cm³/mol. The molecule has 3 rings (SSSR count). The molecule has 0 saturated carbocycles. The van der Waals surface area contributed by atoms with Crippen molar-refractivity contribution in [2.45, 2.75) is 19.5 Å². The maximum atomic E-state index is 13.2. The van der Waals surface area contributed by atoms with Gasteiger partial charge in [0.2, 0.25) is 0 Å². The average Bonchev–Trinajstić information content (AvgIpc) is 3.26. The Kier molecular flexibility index (Phi) is 4.90. The number of halogens is 3. The van der Waals surface area contributed by atoms with Gasteiger partial charge in [0.15, 0.2) is 5.82 Å². The number of aliphatic carboxylic acids is 1. The number of carbonyl (C=O) groups is 2. The third-order valence-electron chi connectivity index (χ3n) is 4.65. The minimum Gasteiger partial charge on any atom is -0.481 e. The first-order valence-electron chi connectivity index (χ1n) is 8.31. The molecule has 1 amide bonds. The second-order valence-electron chi connectivity index (χ2n) is 6.26. The zero-order valence-electron chi connectivity index (χ0n) is 14.3. The Balaban J connectivity index is 1.91. The summed E-state index contributed by atoms with van der Waals surface area (Å²) in [5.74, 6) is -5.51. The topological polar surface area (TPSA) is 88.3 Å². The van der Waals surface area contributed by atoms with Gasteiger partial charge >= 0.3 is 12.1 Å². The molecule has 2 aromatic heterocycles. The summed E-state index contributed by atoms with van der Waals surface area (Å²) in [6.45, 7) is 0.614. The van der Waals surface area contributed by atoms with Crippen molar-refractivity contribution in [3.05, 3.63) is 41.9 Å². The maximum absolute atomic E-state index is 13.2. The van der Waals surface area contributed by atoms with Crippen LogP contribution >= 0.6 is 0 Å². The largest absolute Gasteiger partial charge is 0.481 e. The second-order valence-corrected chi connectivity index (χ2v) is 6.26. The zero-order valence-corrected chi connectivity index (χ0v) is 14.3. The van der Waals surface area contributed by atoms with E-state index in [1.54, 1.807) is 31.3 Å². The number of carboxylic acids is 1. The van der Waals surface area contributed by atoms with Crippen LogP contribution < -0.4 is 0 Å². The molecule has 1 saturated heterocycles. The van der Waals surface area contributed by atoms with Crippen molar-refractivity contribution in [2.24, 2.45) is 11.8 Å². The second kappa shape index (κ2) is 7.01. The molecule has 0 unspecified atom stereocenters. The summed E-state index contributed by atoms with van der Waals surface area (Å²) in [4.78, 5) is 29.1. The van der Waals surface area contributed by atoms with Gasteiger partial charge in [-0.1, -0.05) is 13.0 Å². The molecule has 0 spiro atoms. The van der Waals surface area contributed by atoms with Crippen LogP contribution in [0.3, 0.4) is 0 Å². The molecule has 27 heavy (non-hydrogen) atoms. The first kappa shape index (κ1) is 18.9. The number of carbonyl (C=O) groups excluding carboxylic acids is 1. The monoisotopic (exact) mass is 382 g/mol. The van der Waals surface area contributed by atoms with E-state index >= 15 is 0 Å². The van der Waals surface area contributed by atoms with E-state index in [1.165, 1.54) is 10.9 Å². The lowest BCUT2D eigenvalue weighted by atomic mass is 9.96. The van der Waals surface area contributed by atoms with E-state index in [-0.39, 0.29) is 5.56 Å². The van der Waals surface area contributed by atoms with Crippen LogP contribution in [-0.2, 0) is 11.2 Å². The number of carboxylic acid groups (broad SMARTS) is 1. The molecule has 144 valence electrons. The number of amides is 1. The Bertz CT molecular complexity index is 851. The van der Waals surface area contributed by atoms with E-state index in [9.17, 15) is 22.8 Å². The molecular formula is C17H17F3N4O3. The normalized spacial score (nSPS) is 20.1. The lowest BCUT2D eigenvalue weighted by molar-refractivity contribution is -0.187. The molecule has 1 fully saturated rings. The van der Waals surface area contributed by atoms with Gasteiger partial charge in [-0.25, -0.2) is 9.67 Å². The summed E-state index contributed by atoms with van der Waals surface area (Å²) in [5, 5.41) is 13.2. The van der Waals surface area contributed by atoms with Gasteiger partial charge in [0.05, 0.1) is 29.3 Å². The van der Waals surface area contributed by atoms with Crippen LogP contribution in [0, 0.1) is 11.8 Å². The summed E-state index contributed by atoms with van der Waals surface area (Å²) in [7, 11) is 0. The van der Waals surface area contributed by atoms with Crippen LogP contribution in [0.25, 0.3) is 5.82 Å². The number of rotatable bonds is 4. The molecule has 0 bridgehead atoms. The third kappa shape index (κ3) is 3.51. The van der Waals surface area contributed by atoms with Gasteiger partial charge in [-0.15, -0.1) is 0 Å². The van der Waals surface area contributed by atoms with Crippen molar-refractivity contribution < 1.29 is 27.9 Å². The van der Waals surface area contributed by atoms with Gasteiger partial charge < -0.3 is 10.0 Å². The summed E-state index contributed by atoms with van der Waals surface area (Å²) in [6, 6.07) is 5.16. The summed E-state index contributed by atoms with van der Waals surface area (Å²) in [6.07, 6.45) is -1.45. The van der Waals surface area contributed by atoms with Gasteiger partial charge in [0.1, 0.15) is 0 Å². The molecule has 1 aliphatic heterocycles. The van der Waals surface area contributed by atoms with E-state index in [1.807, 2.05) is 0 Å². The molecule has 2 aromatic rings. The van der Waals surface area contributed by atoms with Crippen molar-refractivity contribution in [1.29, 1.82) is 0 Å². The number of likely N-dealkylation sites (tertiary alicyclic amines) is 1. The van der Waals surface area contributed by atoms with Crippen LogP contribution in [0.1, 0.15) is 23.0 Å². The van der Waals surface area contributed by atoms with E-state index in [0.29, 0.717) is 17.9 Å². The van der Waals surface area contributed by atoms with E-state index in [2.05, 4.69) is 10.1 Å². The summed E-state index contributed by atoms with van der Waals surface area (Å²) in [5.41, 5.74) is 0.649. The van der Waals surface area contributed by atoms with Crippen molar-refractivity contribution in [3.63, 3.8) is 0 Å². The molecule has 1 N–H and O–H groups in total. The number of nitrogens with zero attached hydrogens (tertiary/aromatic N) is 4. The molecule has 1 aliphatic rings. The molecule has 0 radical (unpaired) electrons. The molecule has 10 heteroatoms. The smallest absolute Gasteiger partial charge is 0.394 e. The molecular weight excluding hydrogens is 365 g/mol. The van der Waals surface area contributed by atoms with Gasteiger partial charge in [-0.2, -0.15) is 18.3 Å². The van der Waals surface area contributed by atoms with Crippen molar-refractivity contribution >= 4 is 11.9 Å². The predicted octanol–water partition coefficient (Wildman–Crippen LogP) is 2.16. The highest BCUT2D eigenvalue weighted by Gasteiger charge is 2.53. The molecule has 3 heterocycles. The summed E-state index contributed by atoms with van der Waals surface area (Å²) >= 11 is 0. The van der Waals surface area contributed by atoms with Gasteiger partial charge in [0.25, 0.3) is 5.91 Å². The fraction of sp³-hybridized carbons (Fsp3) is 0.412. The number of pyridine rings is 1. The molecule has 7 nitrogen and oxygen atoms in total. The number of hydrogen-bond donors (Lipinski definition) is 1. The van der Waals surface area contributed by atoms with Crippen molar-refractivity contribution in [2.75, 3.05) is 13.1 Å². The zero-order chi connectivity index (χ0) is 19.8. The van der Waals surface area contributed by atoms with E-state index < -0.39 is 43.0 Å². The standard InChI is InChI=1S/C17H17F3N4O3/c1-2-13-10(7-22-24(13)14-5-3-4-6-21-14)15(25)23-8-11(16(26)27)12(9-23)17(18,19)20/h3-7,11-12H,2,8-9H2,1H3,(H,26,27)/t11-,12-/m1/s1. The Morgan fingerprint density at radius 1 is 1.30 bits per heavy atom. The van der Waals surface area contributed by atoms with Crippen LogP contribution in [0.4, 0.5) is 13.2 Å². The summed E-state index contributed by atoms with van der Waals surface area (Å²) < 4.78 is 40.9. The molecule has 0 aliphatic carbocycles. The highest BCUT2D eigenvalue weighted by molar-refractivity contribution is 5.96. The lowest BCUT2D eigenvalue weighted by Crippen LogP contribution is -2.34.